The topological polar surface area (TPSA) is 92.1 Å². The molecule has 0 saturated carbocycles. The van der Waals surface area contributed by atoms with Crippen LogP contribution in [-0.4, -0.2) is 43.6 Å². The van der Waals surface area contributed by atoms with Gasteiger partial charge in [-0.2, -0.15) is 0 Å². The average molecular weight is 1930 g/mol. The maximum Gasteiger partial charge on any atom is 0.235 e. The van der Waals surface area contributed by atoms with Gasteiger partial charge in [-0.15, -0.1) is 34.0 Å². The van der Waals surface area contributed by atoms with E-state index in [1.54, 1.807) is 0 Å². The molecule has 0 N–H and O–H groups in total. The minimum absolute atomic E-state index is 0.103. The smallest absolute Gasteiger partial charge is 0.235 e. The highest BCUT2D eigenvalue weighted by Gasteiger charge is 2.37. The van der Waals surface area contributed by atoms with Gasteiger partial charge in [-0.25, -0.2) is 29.9 Å². The Morgan fingerprint density at radius 1 is 0.197 bits per heavy atom. The Morgan fingerprint density at radius 3 is 0.952 bits per heavy atom. The lowest BCUT2D eigenvalue weighted by molar-refractivity contribution is 0.660. The highest BCUT2D eigenvalue weighted by atomic mass is 32.1. The Morgan fingerprint density at radius 2 is 0.510 bits per heavy atom. The molecule has 32 rings (SSSR count). The number of para-hydroxylation sites is 6. The predicted molar refractivity (Wildman–Crippen MR) is 623 cm³/mol. The van der Waals surface area contributed by atoms with Gasteiger partial charge >= 0.3 is 0 Å². The number of fused-ring (bicyclic) bond motifs is 36. The minimum atomic E-state index is -0.103. The molecule has 9 nitrogen and oxygen atoms in total. The van der Waals surface area contributed by atoms with Crippen molar-refractivity contribution in [1.29, 1.82) is 0 Å². The van der Waals surface area contributed by atoms with Crippen LogP contribution in [0.25, 0.3) is 287 Å². The molecule has 9 aromatic heterocycles. The van der Waals surface area contributed by atoms with Crippen LogP contribution < -0.4 is 0 Å². The summed E-state index contributed by atoms with van der Waals surface area (Å²) in [6, 6.07) is 167. The lowest BCUT2D eigenvalue weighted by Gasteiger charge is -2.22. The fourth-order valence-corrected chi connectivity index (χ4v) is 27.6. The summed E-state index contributed by atoms with van der Waals surface area (Å²) in [6.07, 6.45) is 0. The first-order chi connectivity index (χ1) is 72.7. The number of rotatable bonds is 9. The van der Waals surface area contributed by atoms with Gasteiger partial charge in [-0.05, 0) is 180 Å². The second-order valence-corrected chi connectivity index (χ2v) is 42.0. The summed E-state index contributed by atoms with van der Waals surface area (Å²) in [6.45, 7) is 4.67. The normalized spacial score (nSPS) is 12.5. The van der Waals surface area contributed by atoms with E-state index >= 15 is 0 Å². The van der Waals surface area contributed by atoms with E-state index in [1.807, 2.05) is 46.1 Å². The highest BCUT2D eigenvalue weighted by Crippen LogP contribution is 2.55. The first-order valence-electron chi connectivity index (χ1n) is 49.9. The van der Waals surface area contributed by atoms with Crippen LogP contribution in [0.1, 0.15) is 25.0 Å². The van der Waals surface area contributed by atoms with Gasteiger partial charge in [-0.1, -0.05) is 378 Å². The molecular weight excluding hydrogens is 1840 g/mol. The third kappa shape index (κ3) is 13.2. The Bertz CT molecular complexity index is 10900. The zero-order chi connectivity index (χ0) is 96.8. The summed E-state index contributed by atoms with van der Waals surface area (Å²) in [4.78, 5) is 31.9. The molecule has 686 valence electrons. The Labute approximate surface area is 855 Å². The number of aromatic nitrogens is 9. The number of hydrogen-bond donors (Lipinski definition) is 0. The minimum Gasteiger partial charge on any atom is -0.308 e. The largest absolute Gasteiger partial charge is 0.308 e. The van der Waals surface area contributed by atoms with E-state index in [-0.39, 0.29) is 5.41 Å². The monoisotopic (exact) mass is 1930 g/mol. The predicted octanol–water partition coefficient (Wildman–Crippen LogP) is 37.1. The van der Waals surface area contributed by atoms with Crippen molar-refractivity contribution in [3.05, 3.63) is 478 Å². The van der Waals surface area contributed by atoms with Gasteiger partial charge in [0.25, 0.3) is 0 Å². The van der Waals surface area contributed by atoms with Crippen LogP contribution in [0.2, 0.25) is 0 Å². The fraction of sp³-hybridized carbons (Fsp3) is 0.0222. The van der Waals surface area contributed by atoms with Crippen LogP contribution in [-0.2, 0) is 5.41 Å². The van der Waals surface area contributed by atoms with Gasteiger partial charge in [0, 0.05) is 128 Å². The molecule has 12 heteroatoms. The number of hydrogen-bond acceptors (Lipinski definition) is 9. The van der Waals surface area contributed by atoms with Crippen molar-refractivity contribution in [2.45, 2.75) is 19.3 Å². The lowest BCUT2D eigenvalue weighted by Crippen LogP contribution is -2.15. The van der Waals surface area contributed by atoms with Gasteiger partial charge < -0.3 is 4.57 Å². The van der Waals surface area contributed by atoms with Crippen molar-refractivity contribution >= 4 is 225 Å². The molecule has 1 aliphatic carbocycles. The lowest BCUT2D eigenvalue weighted by atomic mass is 9.82. The molecule has 22 aromatic carbocycles. The van der Waals surface area contributed by atoms with Crippen LogP contribution >= 0.6 is 34.0 Å². The van der Waals surface area contributed by atoms with Gasteiger partial charge in [0.1, 0.15) is 0 Å². The van der Waals surface area contributed by atoms with Crippen molar-refractivity contribution in [1.82, 2.24) is 43.6 Å². The second-order valence-electron chi connectivity index (χ2n) is 38.8. The van der Waals surface area contributed by atoms with Crippen molar-refractivity contribution in [3.8, 4) is 96.1 Å². The maximum absolute atomic E-state index is 5.58. The van der Waals surface area contributed by atoms with Crippen LogP contribution in [0.5, 0.6) is 0 Å². The summed E-state index contributed by atoms with van der Waals surface area (Å²) in [5.74, 6) is 2.08. The zero-order valence-corrected chi connectivity index (χ0v) is 82.2. The molecule has 0 radical (unpaired) electrons. The van der Waals surface area contributed by atoms with Gasteiger partial charge in [0.2, 0.25) is 11.9 Å². The third-order valence-corrected chi connectivity index (χ3v) is 33.9. The molecule has 9 heterocycles. The summed E-state index contributed by atoms with van der Waals surface area (Å²) in [5, 5.41) is 26.1. The van der Waals surface area contributed by atoms with E-state index in [1.165, 1.54) is 175 Å². The van der Waals surface area contributed by atoms with Crippen LogP contribution in [0.3, 0.4) is 0 Å². The van der Waals surface area contributed by atoms with E-state index < -0.39 is 0 Å². The zero-order valence-electron chi connectivity index (χ0n) is 79.7. The van der Waals surface area contributed by atoms with E-state index in [2.05, 4.69) is 483 Å². The summed E-state index contributed by atoms with van der Waals surface area (Å²) in [7, 11) is 0. The molecule has 0 amide bonds. The SMILES string of the molecule is CC1(C)c2ccccc2-c2ccc(-c3nc(-n4c5ccccc5c5c6ccccc6c6c7ccccc7sc6c54)nc4ccccc34)cc21.c1ccc(-c2cc(-c3ccccc3)cc(-c3nc(-n4c5ccccc5c5c6ccccc6c6c7ccccc7sc6c54)nc4ccccc34)c2)cc1.c1ccc(-c2nc(-c3ccc(-n4c5ccccc5c5c6ccccc6c6c7ccccc7sc6c54)cc3)nc3ccccc23)cc1. The summed E-state index contributed by atoms with van der Waals surface area (Å²) < 4.78 is 14.8. The first-order valence-corrected chi connectivity index (χ1v) is 52.4. The Kier molecular flexibility index (Phi) is 19.2. The Balaban J connectivity index is 0.000000102. The molecule has 147 heavy (non-hydrogen) atoms. The number of thiophene rings is 3. The van der Waals surface area contributed by atoms with Crippen molar-refractivity contribution < 1.29 is 0 Å². The van der Waals surface area contributed by atoms with E-state index in [4.69, 9.17) is 29.9 Å². The molecule has 0 bridgehead atoms. The Hall–Kier alpha value is -18.3. The average Bonchev–Trinajstić information content (AvgIpc) is 1.54. The molecule has 0 unspecified atom stereocenters. The molecule has 1 aliphatic rings. The highest BCUT2D eigenvalue weighted by molar-refractivity contribution is 7.28. The van der Waals surface area contributed by atoms with E-state index in [0.29, 0.717) is 11.9 Å². The molecule has 0 atom stereocenters. The van der Waals surface area contributed by atoms with Crippen LogP contribution in [0.15, 0.2) is 467 Å². The fourth-order valence-electron chi connectivity index (χ4n) is 23.8. The number of nitrogens with zero attached hydrogens (tertiary/aromatic N) is 9. The van der Waals surface area contributed by atoms with Crippen LogP contribution in [0, 0.1) is 0 Å². The van der Waals surface area contributed by atoms with Crippen LogP contribution in [0.4, 0.5) is 0 Å². The van der Waals surface area contributed by atoms with E-state index in [9.17, 15) is 0 Å². The molecule has 0 aliphatic heterocycles. The van der Waals surface area contributed by atoms with Gasteiger partial charge in [-0.3, -0.25) is 9.13 Å². The molecule has 0 spiro atoms. The number of benzene rings is 22. The quantitative estimate of drug-likeness (QED) is 0.143. The van der Waals surface area contributed by atoms with Gasteiger partial charge in [0.05, 0.1) is 80.8 Å². The molecule has 0 saturated heterocycles. The molecule has 0 fully saturated rings. The summed E-state index contributed by atoms with van der Waals surface area (Å²) >= 11 is 5.61. The standard InChI is InChI=1S/C48H29N3S.C45H29N3S.C42H25N3S/c1-3-15-30(16-4-1)32-27-33(31-17-5-2-6-18-31)29-34(28-32)45-37-21-9-12-24-40(37)49-48(50-45)51-41-25-13-10-22-38(41)43-35-19-7-8-20-36(35)44-39-23-11-14-26-42(39)52-47(44)46(43)51;1-45(2)34-19-9-5-13-27(34)28-24-23-26(25-35(28)45)41-31-16-6-10-20-36(31)46-44(47-41)48-37-21-11-7-17-32(37)39-29-14-3-4-15-30(29)40-33-18-8-12-22-38(33)49-43(40)42(39)48;1-2-12-26(13-3-1)39-31-16-6-9-19-34(31)43-42(44-39)27-22-24-28(25-23-27)45-35-20-10-7-17-32(35)37-29-14-4-5-15-30(29)38-33-18-8-11-21-36(33)46-41(38)40(37)45/h1-29H;3-25H,1-2H3;1-25H. The molecular formula is C135H83N9S3. The van der Waals surface area contributed by atoms with Crippen molar-refractivity contribution in [2.75, 3.05) is 0 Å². The van der Waals surface area contributed by atoms with Gasteiger partial charge in [0.15, 0.2) is 5.82 Å². The summed E-state index contributed by atoms with van der Waals surface area (Å²) in [5.41, 5.74) is 27.8. The maximum atomic E-state index is 5.58. The third-order valence-electron chi connectivity index (χ3n) is 30.3. The van der Waals surface area contributed by atoms with Crippen molar-refractivity contribution in [3.63, 3.8) is 0 Å². The first kappa shape index (κ1) is 84.4. The van der Waals surface area contributed by atoms with Crippen molar-refractivity contribution in [2.24, 2.45) is 0 Å². The molecule has 31 aromatic rings. The van der Waals surface area contributed by atoms with E-state index in [0.717, 1.165) is 111 Å². The second kappa shape index (κ2) is 33.4.